The summed E-state index contributed by atoms with van der Waals surface area (Å²) in [4.78, 5) is 2.40. The van der Waals surface area contributed by atoms with Gasteiger partial charge in [0, 0.05) is 35.4 Å². The summed E-state index contributed by atoms with van der Waals surface area (Å²) in [7, 11) is 0. The molecular formula is C18H23Cl2N3O2. The zero-order chi connectivity index (χ0) is 17.6. The van der Waals surface area contributed by atoms with Crippen molar-refractivity contribution in [2.45, 2.75) is 25.3 Å². The van der Waals surface area contributed by atoms with Crippen molar-refractivity contribution in [3.05, 3.63) is 46.2 Å². The van der Waals surface area contributed by atoms with Crippen LogP contribution in [0, 0.1) is 0 Å². The third kappa shape index (κ3) is 4.88. The highest BCUT2D eigenvalue weighted by atomic mass is 35.5. The van der Waals surface area contributed by atoms with E-state index in [0.717, 1.165) is 32.5 Å². The lowest BCUT2D eigenvalue weighted by molar-refractivity contribution is 0.170. The molecule has 1 saturated heterocycles. The topological polar surface area (TPSA) is 50.5 Å². The van der Waals surface area contributed by atoms with Gasteiger partial charge in [0.1, 0.15) is 12.4 Å². The molecule has 1 N–H and O–H groups in total. The summed E-state index contributed by atoms with van der Waals surface area (Å²) in [6, 6.07) is 7.32. The normalized spacial score (nSPS) is 16.3. The first kappa shape index (κ1) is 18.5. The van der Waals surface area contributed by atoms with Crippen LogP contribution in [0.3, 0.4) is 0 Å². The molecule has 1 aliphatic rings. The van der Waals surface area contributed by atoms with Gasteiger partial charge in [-0.15, -0.1) is 0 Å². The molecule has 0 atom stereocenters. The largest absolute Gasteiger partial charge is 0.491 e. The Bertz CT molecular complexity index is 685. The molecule has 0 saturated carbocycles. The fourth-order valence-corrected chi connectivity index (χ4v) is 3.63. The summed E-state index contributed by atoms with van der Waals surface area (Å²) < 4.78 is 7.69. The number of likely N-dealkylation sites (tertiary alicyclic amines) is 1. The number of nitrogens with zero attached hydrogens (tertiary/aromatic N) is 3. The molecule has 0 amide bonds. The minimum atomic E-state index is 0.122. The van der Waals surface area contributed by atoms with Crippen molar-refractivity contribution >= 4 is 23.2 Å². The van der Waals surface area contributed by atoms with E-state index in [9.17, 15) is 0 Å². The van der Waals surface area contributed by atoms with E-state index in [4.69, 9.17) is 33.0 Å². The first-order valence-electron chi connectivity index (χ1n) is 8.60. The van der Waals surface area contributed by atoms with E-state index in [1.54, 1.807) is 18.2 Å². The van der Waals surface area contributed by atoms with E-state index >= 15 is 0 Å². The zero-order valence-corrected chi connectivity index (χ0v) is 15.6. The number of benzene rings is 1. The van der Waals surface area contributed by atoms with Crippen LogP contribution in [0.15, 0.2) is 30.5 Å². The van der Waals surface area contributed by atoms with Crippen molar-refractivity contribution < 1.29 is 9.84 Å². The van der Waals surface area contributed by atoms with Crippen LogP contribution in [0.4, 0.5) is 0 Å². The van der Waals surface area contributed by atoms with Crippen molar-refractivity contribution in [2.75, 3.05) is 32.8 Å². The molecule has 7 heteroatoms. The first-order valence-corrected chi connectivity index (χ1v) is 9.35. The fraction of sp³-hybridized carbons (Fsp3) is 0.500. The molecule has 3 rings (SSSR count). The molecule has 1 aliphatic heterocycles. The number of aliphatic hydroxyl groups excluding tert-OH is 1. The van der Waals surface area contributed by atoms with Crippen LogP contribution in [0.5, 0.6) is 5.75 Å². The third-order valence-corrected chi connectivity index (χ3v) is 5.17. The van der Waals surface area contributed by atoms with Crippen LogP contribution in [0.2, 0.25) is 10.0 Å². The average Bonchev–Trinajstić information content (AvgIpc) is 3.07. The molecule has 25 heavy (non-hydrogen) atoms. The lowest BCUT2D eigenvalue weighted by Crippen LogP contribution is -2.36. The Labute approximate surface area is 158 Å². The Morgan fingerprint density at radius 1 is 1.16 bits per heavy atom. The molecule has 1 aromatic heterocycles. The maximum absolute atomic E-state index is 9.13. The van der Waals surface area contributed by atoms with Gasteiger partial charge in [-0.1, -0.05) is 23.2 Å². The summed E-state index contributed by atoms with van der Waals surface area (Å²) in [5.74, 6) is 1.14. The van der Waals surface area contributed by atoms with E-state index in [2.05, 4.69) is 16.1 Å². The number of piperidine rings is 1. The second-order valence-corrected chi connectivity index (χ2v) is 7.09. The molecule has 0 unspecified atom stereocenters. The maximum Gasteiger partial charge on any atom is 0.139 e. The number of ether oxygens (including phenoxy) is 1. The predicted octanol–water partition coefficient (Wildman–Crippen LogP) is 3.44. The fourth-order valence-electron chi connectivity index (χ4n) is 3.30. The molecule has 5 nitrogen and oxygen atoms in total. The van der Waals surface area contributed by atoms with Crippen LogP contribution in [0.25, 0.3) is 0 Å². The van der Waals surface area contributed by atoms with Gasteiger partial charge >= 0.3 is 0 Å². The molecule has 1 fully saturated rings. The van der Waals surface area contributed by atoms with Crippen LogP contribution < -0.4 is 4.74 Å². The Morgan fingerprint density at radius 2 is 1.96 bits per heavy atom. The second kappa shape index (κ2) is 8.90. The van der Waals surface area contributed by atoms with Gasteiger partial charge in [-0.25, -0.2) is 0 Å². The number of hydrogen-bond donors (Lipinski definition) is 1. The average molecular weight is 384 g/mol. The SMILES string of the molecule is OCCn1nccc1C1CCN(CCOc2cc(Cl)ccc2Cl)CC1. The highest BCUT2D eigenvalue weighted by Crippen LogP contribution is 2.29. The Balaban J connectivity index is 1.45. The van der Waals surface area contributed by atoms with E-state index < -0.39 is 0 Å². The molecule has 0 bridgehead atoms. The third-order valence-electron chi connectivity index (χ3n) is 4.63. The lowest BCUT2D eigenvalue weighted by Gasteiger charge is -2.32. The zero-order valence-electron chi connectivity index (χ0n) is 14.1. The van der Waals surface area contributed by atoms with Gasteiger partial charge in [-0.3, -0.25) is 9.58 Å². The van der Waals surface area contributed by atoms with E-state index in [0.29, 0.717) is 34.9 Å². The van der Waals surface area contributed by atoms with Gasteiger partial charge in [-0.05, 0) is 44.1 Å². The van der Waals surface area contributed by atoms with Crippen molar-refractivity contribution in [3.8, 4) is 5.75 Å². The van der Waals surface area contributed by atoms with Crippen molar-refractivity contribution in [1.82, 2.24) is 14.7 Å². The lowest BCUT2D eigenvalue weighted by atomic mass is 9.93. The van der Waals surface area contributed by atoms with Gasteiger partial charge in [0.25, 0.3) is 0 Å². The number of rotatable bonds is 7. The van der Waals surface area contributed by atoms with Gasteiger partial charge in [-0.2, -0.15) is 5.10 Å². The standard InChI is InChI=1S/C18H23Cl2N3O2/c19-15-1-2-16(20)18(13-15)25-12-10-22-7-4-14(5-8-22)17-3-6-21-23(17)9-11-24/h1-3,6,13-14,24H,4-5,7-12H2. The smallest absolute Gasteiger partial charge is 0.139 e. The molecule has 0 spiro atoms. The minimum absolute atomic E-state index is 0.122. The van der Waals surface area contributed by atoms with Crippen LogP contribution >= 0.6 is 23.2 Å². The van der Waals surface area contributed by atoms with Crippen molar-refractivity contribution in [1.29, 1.82) is 0 Å². The number of aromatic nitrogens is 2. The molecule has 0 aliphatic carbocycles. The summed E-state index contributed by atoms with van der Waals surface area (Å²) in [5, 5.41) is 14.6. The number of halogens is 2. The summed E-state index contributed by atoms with van der Waals surface area (Å²) in [5.41, 5.74) is 1.23. The Hall–Kier alpha value is -1.27. The number of aliphatic hydroxyl groups is 1. The highest BCUT2D eigenvalue weighted by molar-refractivity contribution is 6.34. The molecule has 1 aromatic carbocycles. The van der Waals surface area contributed by atoms with Crippen LogP contribution in [-0.4, -0.2) is 52.6 Å². The van der Waals surface area contributed by atoms with E-state index in [1.165, 1.54) is 5.69 Å². The van der Waals surface area contributed by atoms with E-state index in [-0.39, 0.29) is 6.61 Å². The van der Waals surface area contributed by atoms with Gasteiger partial charge in [0.05, 0.1) is 18.2 Å². The second-order valence-electron chi connectivity index (χ2n) is 6.24. The van der Waals surface area contributed by atoms with E-state index in [1.807, 2.05) is 10.9 Å². The molecule has 2 heterocycles. The minimum Gasteiger partial charge on any atom is -0.491 e. The molecule has 0 radical (unpaired) electrons. The van der Waals surface area contributed by atoms with Gasteiger partial charge in [0.2, 0.25) is 0 Å². The van der Waals surface area contributed by atoms with Crippen molar-refractivity contribution in [3.63, 3.8) is 0 Å². The highest BCUT2D eigenvalue weighted by Gasteiger charge is 2.23. The van der Waals surface area contributed by atoms with Crippen LogP contribution in [0.1, 0.15) is 24.5 Å². The first-order chi connectivity index (χ1) is 12.2. The summed E-state index contributed by atoms with van der Waals surface area (Å²) in [6.07, 6.45) is 4.00. The predicted molar refractivity (Wildman–Crippen MR) is 99.7 cm³/mol. The van der Waals surface area contributed by atoms with Crippen molar-refractivity contribution in [2.24, 2.45) is 0 Å². The maximum atomic E-state index is 9.13. The summed E-state index contributed by atoms with van der Waals surface area (Å²) in [6.45, 7) is 4.20. The monoisotopic (exact) mass is 383 g/mol. The molecule has 136 valence electrons. The van der Waals surface area contributed by atoms with Gasteiger partial charge in [0.15, 0.2) is 0 Å². The quantitative estimate of drug-likeness (QED) is 0.795. The summed E-state index contributed by atoms with van der Waals surface area (Å²) >= 11 is 12.1. The molecule has 2 aromatic rings. The van der Waals surface area contributed by atoms with Crippen LogP contribution in [-0.2, 0) is 6.54 Å². The van der Waals surface area contributed by atoms with Gasteiger partial charge < -0.3 is 9.84 Å². The Kier molecular flexibility index (Phi) is 6.59. The number of hydrogen-bond acceptors (Lipinski definition) is 4. The molecular weight excluding hydrogens is 361 g/mol. The Morgan fingerprint density at radius 3 is 2.72 bits per heavy atom.